The Hall–Kier alpha value is -2.91. The number of aromatic nitrogens is 6. The van der Waals surface area contributed by atoms with Crippen LogP contribution in [0.4, 0.5) is 17.6 Å². The van der Waals surface area contributed by atoms with E-state index in [1.165, 1.54) is 10.9 Å². The number of halogens is 5. The topological polar surface area (TPSA) is 117 Å². The minimum Gasteiger partial charge on any atom is -0.464 e. The second-order valence-electron chi connectivity index (χ2n) is 7.18. The molecule has 3 rings (SSSR count). The number of hydrogen-bond donors (Lipinski definition) is 1. The summed E-state index contributed by atoms with van der Waals surface area (Å²) < 4.78 is 62.1. The predicted molar refractivity (Wildman–Crippen MR) is 120 cm³/mol. The van der Waals surface area contributed by atoms with Crippen LogP contribution in [-0.4, -0.2) is 52.3 Å². The van der Waals surface area contributed by atoms with Crippen molar-refractivity contribution in [1.82, 2.24) is 29.1 Å². The molecule has 0 saturated heterocycles. The monoisotopic (exact) mass is 540 g/mol. The molecule has 0 aliphatic heterocycles. The van der Waals surface area contributed by atoms with E-state index in [2.05, 4.69) is 15.2 Å². The smallest absolute Gasteiger partial charge is 0.425 e. The third-order valence-electron chi connectivity index (χ3n) is 4.77. The van der Waals surface area contributed by atoms with Crippen LogP contribution < -0.4 is 10.4 Å². The summed E-state index contributed by atoms with van der Waals surface area (Å²) in [6.07, 6.45) is -6.24. The molecule has 0 aliphatic carbocycles. The molecule has 0 spiro atoms. The Kier molecular flexibility index (Phi) is 8.73. The van der Waals surface area contributed by atoms with Gasteiger partial charge in [0.25, 0.3) is 0 Å². The molecule has 35 heavy (non-hydrogen) atoms. The molecule has 1 N–H and O–H groups in total. The van der Waals surface area contributed by atoms with Gasteiger partial charge in [-0.25, -0.2) is 9.18 Å². The number of Topliss-reactive ketones (excluding diaryl/α,β-unsaturated/α-hetero) is 1. The molecule has 3 aromatic heterocycles. The maximum absolute atomic E-state index is 15.0. The average molecular weight is 541 g/mol. The highest BCUT2D eigenvalue weighted by molar-refractivity contribution is 7.59. The van der Waals surface area contributed by atoms with Crippen LogP contribution in [0.25, 0.3) is 5.82 Å². The standard InChI is InChI=1S/C19H19ClF4N6O4.H2S/c1-4-29-14(8-31)26-30(18(29)33)16-12(21)6-11(17(25-16)34-9(2)19(22,23)24)13(32)5-10-7-28(3)27-15(10)20;/h6-7,9,31H,4-5,8H2,1-3H3;1H2/t9-;/m0./s1. The minimum atomic E-state index is -4.83. The van der Waals surface area contributed by atoms with Gasteiger partial charge in [-0.3, -0.25) is 14.0 Å². The minimum absolute atomic E-state index is 0. The van der Waals surface area contributed by atoms with E-state index in [1.54, 1.807) is 14.0 Å². The first-order valence-electron chi connectivity index (χ1n) is 9.82. The van der Waals surface area contributed by atoms with E-state index in [4.69, 9.17) is 16.3 Å². The molecule has 0 aromatic carbocycles. The zero-order chi connectivity index (χ0) is 25.4. The summed E-state index contributed by atoms with van der Waals surface area (Å²) in [6.45, 7) is 1.67. The Bertz CT molecular complexity index is 1290. The van der Waals surface area contributed by atoms with Gasteiger partial charge in [-0.05, 0) is 19.9 Å². The number of carbonyl (C=O) groups is 1. The summed E-state index contributed by atoms with van der Waals surface area (Å²) in [7, 11) is 1.54. The van der Waals surface area contributed by atoms with E-state index >= 15 is 0 Å². The third-order valence-corrected chi connectivity index (χ3v) is 5.09. The molecule has 1 atom stereocenters. The summed E-state index contributed by atoms with van der Waals surface area (Å²) in [4.78, 5) is 29.1. The van der Waals surface area contributed by atoms with E-state index in [0.717, 1.165) is 4.57 Å². The summed E-state index contributed by atoms with van der Waals surface area (Å²) in [5.41, 5.74) is -1.24. The maximum Gasteiger partial charge on any atom is 0.425 e. The quantitative estimate of drug-likeness (QED) is 0.344. The SMILES string of the molecule is CCn1c(CO)nn(-c2nc(O[C@@H](C)C(F)(F)F)c(C(=O)Cc3cn(C)nc3Cl)cc2F)c1=O.S. The van der Waals surface area contributed by atoms with Crippen LogP contribution in [0, 0.1) is 5.82 Å². The Labute approximate surface area is 207 Å². The number of pyridine rings is 1. The Balaban J connectivity index is 0.00000432. The number of aryl methyl sites for hydroxylation is 1. The fraction of sp³-hybridized carbons (Fsp3) is 0.421. The first-order chi connectivity index (χ1) is 15.9. The largest absolute Gasteiger partial charge is 0.464 e. The molecule has 16 heteroatoms. The number of aliphatic hydroxyl groups is 1. The van der Waals surface area contributed by atoms with Crippen molar-refractivity contribution in [3.05, 3.63) is 50.7 Å². The average Bonchev–Trinajstić information content (AvgIpc) is 3.25. The zero-order valence-electron chi connectivity index (χ0n) is 18.6. The Morgan fingerprint density at radius 3 is 2.46 bits per heavy atom. The highest BCUT2D eigenvalue weighted by Gasteiger charge is 2.39. The number of alkyl halides is 3. The number of hydrogen-bond acceptors (Lipinski definition) is 7. The maximum atomic E-state index is 15.0. The molecular weight excluding hydrogens is 520 g/mol. The summed E-state index contributed by atoms with van der Waals surface area (Å²) in [5, 5.41) is 17.0. The lowest BCUT2D eigenvalue weighted by atomic mass is 10.1. The predicted octanol–water partition coefficient (Wildman–Crippen LogP) is 2.34. The van der Waals surface area contributed by atoms with E-state index in [9.17, 15) is 32.3 Å². The fourth-order valence-electron chi connectivity index (χ4n) is 3.04. The summed E-state index contributed by atoms with van der Waals surface area (Å²) >= 11 is 5.94. The van der Waals surface area contributed by atoms with Gasteiger partial charge in [0.1, 0.15) is 6.61 Å². The van der Waals surface area contributed by atoms with Gasteiger partial charge in [-0.15, -0.1) is 5.10 Å². The van der Waals surface area contributed by atoms with Crippen molar-refractivity contribution in [3.63, 3.8) is 0 Å². The number of nitrogens with zero attached hydrogens (tertiary/aromatic N) is 6. The molecule has 10 nitrogen and oxygen atoms in total. The first kappa shape index (κ1) is 28.3. The Morgan fingerprint density at radius 2 is 1.97 bits per heavy atom. The van der Waals surface area contributed by atoms with Gasteiger partial charge in [0, 0.05) is 31.8 Å². The van der Waals surface area contributed by atoms with E-state index in [1.807, 2.05) is 0 Å². The van der Waals surface area contributed by atoms with Crippen LogP contribution in [0.15, 0.2) is 17.1 Å². The second-order valence-corrected chi connectivity index (χ2v) is 7.54. The van der Waals surface area contributed by atoms with Gasteiger partial charge in [0.2, 0.25) is 5.88 Å². The van der Waals surface area contributed by atoms with E-state index in [0.29, 0.717) is 17.7 Å². The fourth-order valence-corrected chi connectivity index (χ4v) is 3.28. The van der Waals surface area contributed by atoms with E-state index < -0.39 is 59.9 Å². The van der Waals surface area contributed by atoms with Gasteiger partial charge in [-0.2, -0.15) is 41.4 Å². The van der Waals surface area contributed by atoms with Crippen molar-refractivity contribution in [1.29, 1.82) is 0 Å². The first-order valence-corrected chi connectivity index (χ1v) is 10.2. The van der Waals surface area contributed by atoms with Crippen molar-refractivity contribution in [2.75, 3.05) is 0 Å². The van der Waals surface area contributed by atoms with Crippen LogP contribution in [0.2, 0.25) is 5.15 Å². The van der Waals surface area contributed by atoms with Crippen molar-refractivity contribution in [3.8, 4) is 11.7 Å². The molecule has 192 valence electrons. The number of rotatable bonds is 8. The van der Waals surface area contributed by atoms with Crippen molar-refractivity contribution in [2.24, 2.45) is 7.05 Å². The molecule has 0 radical (unpaired) electrons. The van der Waals surface area contributed by atoms with Crippen molar-refractivity contribution >= 4 is 30.9 Å². The van der Waals surface area contributed by atoms with Gasteiger partial charge in [-0.1, -0.05) is 11.6 Å². The molecule has 0 fully saturated rings. The lowest BCUT2D eigenvalue weighted by Gasteiger charge is -2.19. The van der Waals surface area contributed by atoms with Gasteiger partial charge in [0.05, 0.1) is 5.56 Å². The molecular formula is C19H21ClF4N6O4S. The molecule has 0 unspecified atom stereocenters. The molecule has 0 aliphatic rings. The zero-order valence-corrected chi connectivity index (χ0v) is 20.4. The normalized spacial score (nSPS) is 12.4. The third kappa shape index (κ3) is 5.85. The van der Waals surface area contributed by atoms with E-state index in [-0.39, 0.29) is 36.6 Å². The highest BCUT2D eigenvalue weighted by atomic mass is 35.5. The molecule has 3 aromatic rings. The summed E-state index contributed by atoms with van der Waals surface area (Å²) in [6, 6.07) is 0.614. The number of ketones is 1. The van der Waals surface area contributed by atoms with Gasteiger partial charge >= 0.3 is 11.9 Å². The van der Waals surface area contributed by atoms with Gasteiger partial charge < -0.3 is 9.84 Å². The van der Waals surface area contributed by atoms with Crippen LogP contribution in [-0.2, 0) is 26.6 Å². The lowest BCUT2D eigenvalue weighted by Crippen LogP contribution is -2.32. The van der Waals surface area contributed by atoms with Crippen molar-refractivity contribution in [2.45, 2.75) is 45.7 Å². The summed E-state index contributed by atoms with van der Waals surface area (Å²) in [5.74, 6) is -3.84. The second kappa shape index (κ2) is 10.8. The number of ether oxygens (including phenoxy) is 1. The van der Waals surface area contributed by atoms with Crippen LogP contribution in [0.5, 0.6) is 5.88 Å². The molecule has 0 saturated carbocycles. The molecule has 0 amide bonds. The number of aliphatic hydroxyl groups excluding tert-OH is 1. The van der Waals surface area contributed by atoms with Gasteiger partial charge in [0.15, 0.2) is 34.5 Å². The van der Waals surface area contributed by atoms with Crippen LogP contribution in [0.3, 0.4) is 0 Å². The van der Waals surface area contributed by atoms with Crippen LogP contribution in [0.1, 0.15) is 35.6 Å². The van der Waals surface area contributed by atoms with Crippen LogP contribution >= 0.6 is 25.1 Å². The molecule has 3 heterocycles. The highest BCUT2D eigenvalue weighted by Crippen LogP contribution is 2.29. The lowest BCUT2D eigenvalue weighted by molar-refractivity contribution is -0.190. The Morgan fingerprint density at radius 1 is 1.31 bits per heavy atom. The van der Waals surface area contributed by atoms with Crippen molar-refractivity contribution < 1.29 is 32.2 Å². The molecule has 0 bridgehead atoms. The number of carbonyl (C=O) groups excluding carboxylic acids is 1.